The zero-order valence-corrected chi connectivity index (χ0v) is 18.6. The van der Waals surface area contributed by atoms with Crippen LogP contribution in [0.4, 0.5) is 5.69 Å². The monoisotopic (exact) mass is 447 g/mol. The molecule has 0 radical (unpaired) electrons. The maximum Gasteiger partial charge on any atom is 0.234 e. The Hall–Kier alpha value is -2.91. The lowest BCUT2D eigenvalue weighted by atomic mass is 10.1. The number of hydrogen-bond donors (Lipinski definition) is 2. The Labute approximate surface area is 183 Å². The summed E-state index contributed by atoms with van der Waals surface area (Å²) in [4.78, 5) is 12.4. The summed E-state index contributed by atoms with van der Waals surface area (Å²) in [5.74, 6) is 7.62. The van der Waals surface area contributed by atoms with Crippen molar-refractivity contribution in [1.29, 1.82) is 0 Å². The molecule has 158 valence electrons. The maximum atomic E-state index is 12.4. The van der Waals surface area contributed by atoms with Crippen molar-refractivity contribution < 1.29 is 14.3 Å². The predicted molar refractivity (Wildman–Crippen MR) is 119 cm³/mol. The molecule has 8 nitrogen and oxygen atoms in total. The van der Waals surface area contributed by atoms with E-state index in [4.69, 9.17) is 26.9 Å². The van der Waals surface area contributed by atoms with Gasteiger partial charge in [-0.25, -0.2) is 4.68 Å². The van der Waals surface area contributed by atoms with E-state index in [1.54, 1.807) is 32.4 Å². The first kappa shape index (κ1) is 21.8. The Morgan fingerprint density at radius 2 is 1.90 bits per heavy atom. The Kier molecular flexibility index (Phi) is 6.73. The SMILES string of the molecule is COc1ccc(-c2nnc(SCC(=O)Nc3c(C)cc(C)cc3Cl)n2N)cc1OC. The quantitative estimate of drug-likeness (QED) is 0.420. The van der Waals surface area contributed by atoms with Gasteiger partial charge in [0, 0.05) is 5.56 Å². The molecule has 3 rings (SSSR count). The number of nitrogens with one attached hydrogen (secondary N) is 1. The highest BCUT2D eigenvalue weighted by molar-refractivity contribution is 7.99. The first-order valence-corrected chi connectivity index (χ1v) is 10.3. The van der Waals surface area contributed by atoms with E-state index in [-0.39, 0.29) is 11.7 Å². The minimum absolute atomic E-state index is 0.102. The van der Waals surface area contributed by atoms with Crippen LogP contribution >= 0.6 is 23.4 Å². The topological polar surface area (TPSA) is 104 Å². The number of carbonyl (C=O) groups is 1. The van der Waals surface area contributed by atoms with Gasteiger partial charge in [0.2, 0.25) is 11.1 Å². The van der Waals surface area contributed by atoms with Crippen LogP contribution in [0.1, 0.15) is 11.1 Å². The van der Waals surface area contributed by atoms with Crippen LogP contribution in [0.5, 0.6) is 11.5 Å². The van der Waals surface area contributed by atoms with Crippen LogP contribution in [0.2, 0.25) is 5.02 Å². The maximum absolute atomic E-state index is 12.4. The van der Waals surface area contributed by atoms with Gasteiger partial charge in [-0.3, -0.25) is 4.79 Å². The standard InChI is InChI=1S/C20H22ClN5O3S/c1-11-7-12(2)18(14(21)8-11)23-17(27)10-30-20-25-24-19(26(20)22)13-5-6-15(28-3)16(9-13)29-4/h5-9H,10,22H2,1-4H3,(H,23,27). The third-order valence-corrected chi connectivity index (χ3v) is 5.58. The number of aryl methyl sites for hydroxylation is 2. The fourth-order valence-corrected chi connectivity index (χ4v) is 3.95. The summed E-state index contributed by atoms with van der Waals surface area (Å²) in [6, 6.07) is 9.09. The number of ether oxygens (including phenoxy) is 2. The molecule has 1 amide bonds. The van der Waals surface area contributed by atoms with Crippen LogP contribution in [-0.4, -0.2) is 40.8 Å². The van der Waals surface area contributed by atoms with E-state index in [2.05, 4.69) is 15.5 Å². The molecule has 0 fully saturated rings. The van der Waals surface area contributed by atoms with Crippen molar-refractivity contribution >= 4 is 35.0 Å². The zero-order valence-electron chi connectivity index (χ0n) is 17.0. The number of amides is 1. The summed E-state index contributed by atoms with van der Waals surface area (Å²) in [6.45, 7) is 3.85. The second-order valence-corrected chi connectivity index (χ2v) is 7.87. The van der Waals surface area contributed by atoms with Crippen LogP contribution < -0.4 is 20.6 Å². The van der Waals surface area contributed by atoms with Gasteiger partial charge in [-0.05, 0) is 49.2 Å². The zero-order chi connectivity index (χ0) is 21.8. The minimum Gasteiger partial charge on any atom is -0.493 e. The molecule has 3 N–H and O–H groups in total. The summed E-state index contributed by atoms with van der Waals surface area (Å²) in [7, 11) is 3.12. The van der Waals surface area contributed by atoms with Crippen LogP contribution in [0, 0.1) is 13.8 Å². The Bertz CT molecular complexity index is 1060. The number of methoxy groups -OCH3 is 2. The summed E-state index contributed by atoms with van der Waals surface area (Å²) < 4.78 is 11.9. The largest absolute Gasteiger partial charge is 0.493 e. The lowest BCUT2D eigenvalue weighted by Gasteiger charge is -2.11. The molecule has 0 aliphatic carbocycles. The number of hydrogen-bond acceptors (Lipinski definition) is 7. The number of rotatable bonds is 7. The van der Waals surface area contributed by atoms with Crippen molar-refractivity contribution in [2.45, 2.75) is 19.0 Å². The summed E-state index contributed by atoms with van der Waals surface area (Å²) in [5.41, 5.74) is 3.24. The molecule has 2 aromatic carbocycles. The number of nitrogens with two attached hydrogens (primary N) is 1. The molecular weight excluding hydrogens is 426 g/mol. The molecule has 0 atom stereocenters. The molecule has 30 heavy (non-hydrogen) atoms. The minimum atomic E-state index is -0.218. The number of nitrogen functional groups attached to an aromatic ring is 1. The molecule has 3 aromatic rings. The van der Waals surface area contributed by atoms with Gasteiger partial charge in [0.05, 0.1) is 30.7 Å². The van der Waals surface area contributed by atoms with E-state index in [0.717, 1.165) is 11.1 Å². The second-order valence-electron chi connectivity index (χ2n) is 6.52. The fourth-order valence-electron chi connectivity index (χ4n) is 2.93. The molecule has 1 heterocycles. The summed E-state index contributed by atoms with van der Waals surface area (Å²) in [6.07, 6.45) is 0. The van der Waals surface area contributed by atoms with Gasteiger partial charge in [-0.2, -0.15) is 0 Å². The van der Waals surface area contributed by atoms with Crippen LogP contribution in [-0.2, 0) is 4.79 Å². The van der Waals surface area contributed by atoms with Gasteiger partial charge in [0.25, 0.3) is 0 Å². The van der Waals surface area contributed by atoms with Crippen LogP contribution in [0.3, 0.4) is 0 Å². The lowest BCUT2D eigenvalue weighted by molar-refractivity contribution is -0.113. The predicted octanol–water partition coefficient (Wildman–Crippen LogP) is 3.68. The number of aromatic nitrogens is 3. The molecule has 0 bridgehead atoms. The molecule has 0 unspecified atom stereocenters. The number of anilines is 1. The third-order valence-electron chi connectivity index (χ3n) is 4.33. The highest BCUT2D eigenvalue weighted by Crippen LogP contribution is 2.32. The molecule has 1 aromatic heterocycles. The fraction of sp³-hybridized carbons (Fsp3) is 0.250. The van der Waals surface area contributed by atoms with E-state index in [1.807, 2.05) is 26.0 Å². The van der Waals surface area contributed by atoms with Crippen molar-refractivity contribution in [3.63, 3.8) is 0 Å². The average Bonchev–Trinajstić information content (AvgIpc) is 3.08. The van der Waals surface area contributed by atoms with Crippen molar-refractivity contribution in [3.8, 4) is 22.9 Å². The average molecular weight is 448 g/mol. The number of nitrogens with zero attached hydrogens (tertiary/aromatic N) is 3. The molecule has 0 saturated carbocycles. The Morgan fingerprint density at radius 1 is 1.17 bits per heavy atom. The van der Waals surface area contributed by atoms with E-state index >= 15 is 0 Å². The molecule has 0 aliphatic heterocycles. The highest BCUT2D eigenvalue weighted by Gasteiger charge is 2.16. The molecule has 0 saturated heterocycles. The third kappa shape index (κ3) is 4.63. The first-order valence-electron chi connectivity index (χ1n) is 8.96. The number of carbonyl (C=O) groups excluding carboxylic acids is 1. The molecular formula is C20H22ClN5O3S. The van der Waals surface area contributed by atoms with E-state index < -0.39 is 0 Å². The number of halogens is 1. The number of benzene rings is 2. The Morgan fingerprint density at radius 3 is 2.57 bits per heavy atom. The van der Waals surface area contributed by atoms with E-state index in [0.29, 0.717) is 38.8 Å². The normalized spacial score (nSPS) is 10.7. The lowest BCUT2D eigenvalue weighted by Crippen LogP contribution is -2.17. The summed E-state index contributed by atoms with van der Waals surface area (Å²) >= 11 is 7.43. The van der Waals surface area contributed by atoms with Gasteiger partial charge in [-0.15, -0.1) is 10.2 Å². The first-order chi connectivity index (χ1) is 14.3. The van der Waals surface area contributed by atoms with E-state index in [1.165, 1.54) is 16.4 Å². The van der Waals surface area contributed by atoms with Crippen molar-refractivity contribution in [1.82, 2.24) is 14.9 Å². The highest BCUT2D eigenvalue weighted by atomic mass is 35.5. The Balaban J connectivity index is 1.71. The molecule has 0 aliphatic rings. The van der Waals surface area contributed by atoms with Gasteiger partial charge in [0.15, 0.2) is 17.3 Å². The van der Waals surface area contributed by atoms with Crippen LogP contribution in [0.15, 0.2) is 35.5 Å². The van der Waals surface area contributed by atoms with Crippen molar-refractivity contribution in [3.05, 3.63) is 46.5 Å². The van der Waals surface area contributed by atoms with Gasteiger partial charge in [-0.1, -0.05) is 29.4 Å². The molecule has 10 heteroatoms. The van der Waals surface area contributed by atoms with Crippen LogP contribution in [0.25, 0.3) is 11.4 Å². The van der Waals surface area contributed by atoms with Crippen molar-refractivity contribution in [2.24, 2.45) is 0 Å². The van der Waals surface area contributed by atoms with Gasteiger partial charge < -0.3 is 20.6 Å². The second kappa shape index (κ2) is 9.27. The smallest absolute Gasteiger partial charge is 0.234 e. The molecule has 0 spiro atoms. The van der Waals surface area contributed by atoms with Crippen molar-refractivity contribution in [2.75, 3.05) is 31.1 Å². The van der Waals surface area contributed by atoms with E-state index in [9.17, 15) is 4.79 Å². The van der Waals surface area contributed by atoms with Gasteiger partial charge >= 0.3 is 0 Å². The van der Waals surface area contributed by atoms with Gasteiger partial charge in [0.1, 0.15) is 0 Å². The summed E-state index contributed by atoms with van der Waals surface area (Å²) in [5, 5.41) is 12.0. The number of thioether (sulfide) groups is 1.